The van der Waals surface area contributed by atoms with Crippen LogP contribution in [0.5, 0.6) is 0 Å². The summed E-state index contributed by atoms with van der Waals surface area (Å²) in [4.78, 5) is 2.62. The van der Waals surface area contributed by atoms with Gasteiger partial charge in [0.2, 0.25) is 0 Å². The van der Waals surface area contributed by atoms with Crippen molar-refractivity contribution in [3.05, 3.63) is 10.4 Å². The third-order valence-electron chi connectivity index (χ3n) is 3.27. The number of ether oxygens (including phenoxy) is 4. The fourth-order valence-corrected chi connectivity index (χ4v) is 2.27. The molecule has 9 nitrogen and oxygen atoms in total. The standard InChI is InChI=1S/C11H20N4O5/c1-11(2)18-5-6-9(20-11)8(16)7(12)10(19-6)17-4-3-14-15-13/h6-10,16H,3-5,12H2,1-2H3. The molecule has 2 saturated heterocycles. The quantitative estimate of drug-likeness (QED) is 0.321. The molecule has 0 radical (unpaired) electrons. The van der Waals surface area contributed by atoms with Crippen LogP contribution in [0.1, 0.15) is 13.8 Å². The molecule has 114 valence electrons. The molecular weight excluding hydrogens is 268 g/mol. The van der Waals surface area contributed by atoms with Crippen LogP contribution in [-0.4, -0.2) is 61.3 Å². The van der Waals surface area contributed by atoms with Crippen molar-refractivity contribution in [2.45, 2.75) is 50.3 Å². The first-order valence-electron chi connectivity index (χ1n) is 6.48. The number of azide groups is 1. The summed E-state index contributed by atoms with van der Waals surface area (Å²) < 4.78 is 22.2. The van der Waals surface area contributed by atoms with Gasteiger partial charge < -0.3 is 29.8 Å². The van der Waals surface area contributed by atoms with Crippen LogP contribution in [0.4, 0.5) is 0 Å². The van der Waals surface area contributed by atoms with Crippen molar-refractivity contribution in [3.8, 4) is 0 Å². The Bertz CT molecular complexity index is 385. The maximum absolute atomic E-state index is 10.2. The molecule has 5 unspecified atom stereocenters. The SMILES string of the molecule is CC1(C)OCC2OC(OCCN=[N+]=[N-])C(N)C(O)C2O1. The van der Waals surface area contributed by atoms with Gasteiger partial charge in [0.25, 0.3) is 0 Å². The van der Waals surface area contributed by atoms with Gasteiger partial charge in [0.05, 0.1) is 19.3 Å². The zero-order valence-corrected chi connectivity index (χ0v) is 11.5. The lowest BCUT2D eigenvalue weighted by atomic mass is 9.96. The Kier molecular flexibility index (Phi) is 4.82. The van der Waals surface area contributed by atoms with E-state index >= 15 is 0 Å². The van der Waals surface area contributed by atoms with Crippen molar-refractivity contribution in [2.75, 3.05) is 19.8 Å². The van der Waals surface area contributed by atoms with Gasteiger partial charge in [-0.05, 0) is 19.4 Å². The smallest absolute Gasteiger partial charge is 0.175 e. The van der Waals surface area contributed by atoms with E-state index in [9.17, 15) is 5.11 Å². The van der Waals surface area contributed by atoms with Crippen molar-refractivity contribution in [1.82, 2.24) is 0 Å². The van der Waals surface area contributed by atoms with Crippen LogP contribution in [0, 0.1) is 0 Å². The lowest BCUT2D eigenvalue weighted by Crippen LogP contribution is -2.67. The number of hydrogen-bond acceptors (Lipinski definition) is 7. The highest BCUT2D eigenvalue weighted by atomic mass is 16.8. The van der Waals surface area contributed by atoms with Crippen molar-refractivity contribution >= 4 is 0 Å². The zero-order chi connectivity index (χ0) is 14.8. The summed E-state index contributed by atoms with van der Waals surface area (Å²) in [5.74, 6) is -0.777. The number of nitrogens with zero attached hydrogens (tertiary/aromatic N) is 3. The van der Waals surface area contributed by atoms with E-state index in [0.29, 0.717) is 0 Å². The average Bonchev–Trinajstić information content (AvgIpc) is 2.40. The third-order valence-corrected chi connectivity index (χ3v) is 3.27. The van der Waals surface area contributed by atoms with Crippen LogP contribution >= 0.6 is 0 Å². The molecule has 0 aromatic carbocycles. The minimum atomic E-state index is -0.915. The van der Waals surface area contributed by atoms with Gasteiger partial charge >= 0.3 is 0 Å². The second-order valence-electron chi connectivity index (χ2n) is 5.23. The lowest BCUT2D eigenvalue weighted by Gasteiger charge is -2.48. The molecule has 0 bridgehead atoms. The molecule has 0 spiro atoms. The molecule has 20 heavy (non-hydrogen) atoms. The summed E-state index contributed by atoms with van der Waals surface area (Å²) in [6.45, 7) is 4.17. The molecule has 2 aliphatic heterocycles. The molecular formula is C11H20N4O5. The van der Waals surface area contributed by atoms with Gasteiger partial charge in [-0.15, -0.1) is 0 Å². The summed E-state index contributed by atoms with van der Waals surface area (Å²) >= 11 is 0. The van der Waals surface area contributed by atoms with E-state index in [-0.39, 0.29) is 19.8 Å². The van der Waals surface area contributed by atoms with Gasteiger partial charge in [0.1, 0.15) is 18.3 Å². The Morgan fingerprint density at radius 3 is 3.00 bits per heavy atom. The maximum Gasteiger partial charge on any atom is 0.175 e. The van der Waals surface area contributed by atoms with E-state index in [0.717, 1.165) is 0 Å². The first kappa shape index (κ1) is 15.5. The molecule has 0 saturated carbocycles. The number of aliphatic hydroxyl groups is 1. The van der Waals surface area contributed by atoms with Crippen LogP contribution in [0.25, 0.3) is 10.4 Å². The van der Waals surface area contributed by atoms with Crippen LogP contribution in [0.2, 0.25) is 0 Å². The monoisotopic (exact) mass is 288 g/mol. The first-order chi connectivity index (χ1) is 9.44. The van der Waals surface area contributed by atoms with Gasteiger partial charge in [0.15, 0.2) is 12.1 Å². The fraction of sp³-hybridized carbons (Fsp3) is 1.00. The summed E-state index contributed by atoms with van der Waals surface area (Å²) in [7, 11) is 0. The summed E-state index contributed by atoms with van der Waals surface area (Å²) in [6, 6.07) is -0.740. The predicted octanol–water partition coefficient (Wildman–Crippen LogP) is -0.122. The summed E-state index contributed by atoms with van der Waals surface area (Å²) in [5, 5.41) is 13.6. The average molecular weight is 288 g/mol. The van der Waals surface area contributed by atoms with Crippen molar-refractivity contribution < 1.29 is 24.1 Å². The Balaban J connectivity index is 1.94. The van der Waals surface area contributed by atoms with E-state index in [1.54, 1.807) is 13.8 Å². The molecule has 2 aliphatic rings. The number of hydrogen-bond donors (Lipinski definition) is 2. The highest BCUT2D eigenvalue weighted by Crippen LogP contribution is 2.31. The van der Waals surface area contributed by atoms with E-state index in [1.807, 2.05) is 0 Å². The minimum Gasteiger partial charge on any atom is -0.388 e. The van der Waals surface area contributed by atoms with E-state index in [4.69, 9.17) is 30.2 Å². The number of nitrogens with two attached hydrogens (primary N) is 1. The molecule has 2 fully saturated rings. The van der Waals surface area contributed by atoms with Crippen LogP contribution < -0.4 is 5.73 Å². The largest absolute Gasteiger partial charge is 0.388 e. The number of fused-ring (bicyclic) bond motifs is 1. The second kappa shape index (κ2) is 6.23. The zero-order valence-electron chi connectivity index (χ0n) is 11.5. The Morgan fingerprint density at radius 2 is 2.30 bits per heavy atom. The predicted molar refractivity (Wildman–Crippen MR) is 67.5 cm³/mol. The minimum absolute atomic E-state index is 0.166. The lowest BCUT2D eigenvalue weighted by molar-refractivity contribution is -0.367. The van der Waals surface area contributed by atoms with Crippen LogP contribution in [0.3, 0.4) is 0 Å². The molecule has 2 rings (SSSR count). The van der Waals surface area contributed by atoms with Crippen molar-refractivity contribution in [2.24, 2.45) is 10.8 Å². The molecule has 0 aliphatic carbocycles. The van der Waals surface area contributed by atoms with E-state index in [1.165, 1.54) is 0 Å². The van der Waals surface area contributed by atoms with Gasteiger partial charge in [-0.3, -0.25) is 0 Å². The first-order valence-corrected chi connectivity index (χ1v) is 6.48. The van der Waals surface area contributed by atoms with Crippen LogP contribution in [0.15, 0.2) is 5.11 Å². The van der Waals surface area contributed by atoms with E-state index < -0.39 is 36.4 Å². The highest BCUT2D eigenvalue weighted by Gasteiger charge is 2.49. The van der Waals surface area contributed by atoms with Gasteiger partial charge in [-0.25, -0.2) is 0 Å². The van der Waals surface area contributed by atoms with E-state index in [2.05, 4.69) is 10.0 Å². The van der Waals surface area contributed by atoms with Gasteiger partial charge in [-0.1, -0.05) is 5.11 Å². The molecule has 3 N–H and O–H groups in total. The molecule has 0 aromatic rings. The topological polar surface area (TPSA) is 132 Å². The Labute approximate surface area is 116 Å². The van der Waals surface area contributed by atoms with Gasteiger partial charge in [-0.2, -0.15) is 0 Å². The fourth-order valence-electron chi connectivity index (χ4n) is 2.27. The Morgan fingerprint density at radius 1 is 1.55 bits per heavy atom. The van der Waals surface area contributed by atoms with Crippen molar-refractivity contribution in [1.29, 1.82) is 0 Å². The number of rotatable bonds is 4. The highest BCUT2D eigenvalue weighted by molar-refractivity contribution is 4.95. The summed E-state index contributed by atoms with van der Waals surface area (Å²) in [6.07, 6.45) is -2.69. The molecule has 0 amide bonds. The van der Waals surface area contributed by atoms with Crippen LogP contribution in [-0.2, 0) is 18.9 Å². The normalized spacial score (nSPS) is 39.7. The third kappa shape index (κ3) is 3.39. The second-order valence-corrected chi connectivity index (χ2v) is 5.23. The molecule has 2 heterocycles. The molecule has 0 aromatic heterocycles. The molecule has 9 heteroatoms. The Hall–Kier alpha value is -0.930. The molecule has 5 atom stereocenters. The van der Waals surface area contributed by atoms with Crippen molar-refractivity contribution in [3.63, 3.8) is 0 Å². The maximum atomic E-state index is 10.2. The number of aliphatic hydroxyl groups excluding tert-OH is 1. The summed E-state index contributed by atoms with van der Waals surface area (Å²) in [5.41, 5.74) is 14.1. The van der Waals surface area contributed by atoms with Gasteiger partial charge in [0, 0.05) is 11.5 Å².